The molecule has 0 saturated heterocycles. The Morgan fingerprint density at radius 2 is 0.463 bits per heavy atom. The summed E-state index contributed by atoms with van der Waals surface area (Å²) in [5.41, 5.74) is 31.8. The molecule has 0 heteroatoms. The van der Waals surface area contributed by atoms with Gasteiger partial charge < -0.3 is 0 Å². The van der Waals surface area contributed by atoms with Crippen molar-refractivity contribution in [2.24, 2.45) is 0 Å². The smallest absolute Gasteiger partial charge is 0.0622 e. The van der Waals surface area contributed by atoms with E-state index in [4.69, 9.17) is 0 Å². The third-order valence-electron chi connectivity index (χ3n) is 17.0. The molecule has 0 aromatic heterocycles. The summed E-state index contributed by atoms with van der Waals surface area (Å²) < 4.78 is 0. The molecule has 0 unspecified atom stereocenters. The highest BCUT2D eigenvalue weighted by Crippen LogP contribution is 2.60. The van der Waals surface area contributed by atoms with E-state index in [1.807, 2.05) is 0 Å². The molecule has 0 nitrogen and oxygen atoms in total. The molecule has 0 aliphatic heterocycles. The van der Waals surface area contributed by atoms with E-state index >= 15 is 0 Å². The predicted octanol–water partition coefficient (Wildman–Crippen LogP) is 22.0. The summed E-state index contributed by atoms with van der Waals surface area (Å²) in [7, 11) is 0. The van der Waals surface area contributed by atoms with Crippen molar-refractivity contribution in [1.82, 2.24) is 0 Å². The van der Waals surface area contributed by atoms with E-state index in [1.54, 1.807) is 0 Å². The van der Waals surface area contributed by atoms with Crippen LogP contribution in [0.2, 0.25) is 0 Å². The lowest BCUT2D eigenvalue weighted by molar-refractivity contribution is 0.770. The second kappa shape index (κ2) is 21.2. The van der Waals surface area contributed by atoms with Gasteiger partial charge >= 0.3 is 0 Å². The zero-order valence-electron chi connectivity index (χ0n) is 46.4. The lowest BCUT2D eigenvalue weighted by Gasteiger charge is -2.35. The van der Waals surface area contributed by atoms with Crippen molar-refractivity contribution in [1.29, 1.82) is 0 Å². The lowest BCUT2D eigenvalue weighted by Crippen LogP contribution is -2.29. The Labute approximate surface area is 483 Å². The van der Waals surface area contributed by atoms with Crippen LogP contribution in [0.15, 0.2) is 309 Å². The van der Waals surface area contributed by atoms with Crippen molar-refractivity contribution >= 4 is 0 Å². The molecule has 0 bridgehead atoms. The average molecular weight is 1050 g/mol. The molecule has 1 aliphatic rings. The molecule has 13 aromatic carbocycles. The largest absolute Gasteiger partial charge is 0.0714 e. The van der Waals surface area contributed by atoms with Crippen molar-refractivity contribution in [3.8, 4) is 111 Å². The van der Waals surface area contributed by atoms with E-state index in [1.165, 1.54) is 106 Å². The van der Waals surface area contributed by atoms with Crippen LogP contribution in [0.5, 0.6) is 0 Å². The second-order valence-corrected chi connectivity index (χ2v) is 22.2. The van der Waals surface area contributed by atoms with Crippen LogP contribution >= 0.6 is 0 Å². The Hall–Kier alpha value is -10.1. The summed E-state index contributed by atoms with van der Waals surface area (Å²) in [5.74, 6) is 0. The number of fused-ring (bicyclic) bond motifs is 3. The van der Waals surface area contributed by atoms with Crippen molar-refractivity contribution in [2.45, 2.75) is 26.2 Å². The van der Waals surface area contributed by atoms with Gasteiger partial charge in [0, 0.05) is 0 Å². The molecular formula is C82H60. The minimum atomic E-state index is -0.827. The monoisotopic (exact) mass is 1040 g/mol. The average Bonchev–Trinajstić information content (AvgIpc) is 1.88. The maximum atomic E-state index is 2.52. The minimum Gasteiger partial charge on any atom is -0.0622 e. The van der Waals surface area contributed by atoms with E-state index in [9.17, 15) is 0 Å². The minimum absolute atomic E-state index is 0.827. The predicted molar refractivity (Wildman–Crippen MR) is 347 cm³/mol. The Morgan fingerprint density at radius 1 is 0.195 bits per heavy atom. The Balaban J connectivity index is 1.11. The molecule has 14 rings (SSSR count). The third kappa shape index (κ3) is 9.09. The highest BCUT2D eigenvalue weighted by molar-refractivity contribution is 5.98. The number of benzene rings is 13. The molecule has 0 amide bonds. The highest BCUT2D eigenvalue weighted by Gasteiger charge is 2.48. The van der Waals surface area contributed by atoms with Crippen LogP contribution < -0.4 is 0 Å². The molecule has 0 fully saturated rings. The molecule has 0 atom stereocenters. The Kier molecular flexibility index (Phi) is 12.9. The van der Waals surface area contributed by atoms with Crippen LogP contribution in [-0.4, -0.2) is 0 Å². The van der Waals surface area contributed by atoms with Gasteiger partial charge in [0.1, 0.15) is 0 Å². The van der Waals surface area contributed by atoms with E-state index < -0.39 is 5.41 Å². The van der Waals surface area contributed by atoms with Gasteiger partial charge in [-0.3, -0.25) is 0 Å². The van der Waals surface area contributed by atoms with Crippen molar-refractivity contribution in [3.05, 3.63) is 348 Å². The molecule has 0 saturated carbocycles. The zero-order chi connectivity index (χ0) is 55.2. The molecule has 0 radical (unpaired) electrons. The van der Waals surface area contributed by atoms with Crippen LogP contribution in [0.1, 0.15) is 38.9 Å². The van der Waals surface area contributed by atoms with Crippen molar-refractivity contribution in [3.63, 3.8) is 0 Å². The van der Waals surface area contributed by atoms with E-state index in [0.717, 1.165) is 44.5 Å². The SMILES string of the molecule is Cc1cc(C)c(-c2cccc3c2-c2ccccc2C3(c2cc(-c3cccc(-c4ccccc4)c3)cc(-c3cccc(-c4ccccc4)c3)c2)c2cc(-c3cccc(-c4ccccc4)c3)cc(-c3cccc(-c4ccccc4)c3)c2)c(C)c1. The van der Waals surface area contributed by atoms with E-state index in [-0.39, 0.29) is 0 Å². The summed E-state index contributed by atoms with van der Waals surface area (Å²) in [4.78, 5) is 0. The standard InChI is InChI=1S/C82H60/c1-55-43-56(2)80(57(3)44-55)77-40-22-42-79-81(77)76-39-16-17-41-78(76)82(79,74-51-70(66-35-18-31-62(45-66)58-23-8-4-9-24-58)49-71(52-74)67-36-19-32-63(46-67)59-25-10-5-11-26-59)75-53-72(68-37-20-33-64(47-68)60-27-12-6-13-28-60)50-73(54-75)69-38-21-34-65(48-69)61-29-14-7-15-30-61/h4-54H,1-3H3. The first-order valence-electron chi connectivity index (χ1n) is 28.6. The van der Waals surface area contributed by atoms with Crippen LogP contribution in [0.3, 0.4) is 0 Å². The number of rotatable bonds is 11. The topological polar surface area (TPSA) is 0 Å². The van der Waals surface area contributed by atoms with Gasteiger partial charge in [-0.05, 0) is 226 Å². The first-order valence-corrected chi connectivity index (χ1v) is 28.6. The van der Waals surface area contributed by atoms with Gasteiger partial charge in [-0.1, -0.05) is 254 Å². The fourth-order valence-corrected chi connectivity index (χ4v) is 13.3. The van der Waals surface area contributed by atoms with E-state index in [0.29, 0.717) is 0 Å². The van der Waals surface area contributed by atoms with Gasteiger partial charge in [-0.2, -0.15) is 0 Å². The molecule has 82 heavy (non-hydrogen) atoms. The van der Waals surface area contributed by atoms with Gasteiger partial charge in [-0.15, -0.1) is 0 Å². The highest BCUT2D eigenvalue weighted by atomic mass is 14.5. The summed E-state index contributed by atoms with van der Waals surface area (Å²) in [6.45, 7) is 6.79. The van der Waals surface area contributed by atoms with Gasteiger partial charge in [0.15, 0.2) is 0 Å². The van der Waals surface area contributed by atoms with Gasteiger partial charge in [0.25, 0.3) is 0 Å². The van der Waals surface area contributed by atoms with Crippen LogP contribution in [-0.2, 0) is 5.41 Å². The van der Waals surface area contributed by atoms with Crippen molar-refractivity contribution in [2.75, 3.05) is 0 Å². The zero-order valence-corrected chi connectivity index (χ0v) is 46.4. The Bertz CT molecular complexity index is 4070. The fraction of sp³-hybridized carbons (Fsp3) is 0.0488. The Morgan fingerprint density at radius 3 is 0.829 bits per heavy atom. The lowest BCUT2D eigenvalue weighted by atomic mass is 9.66. The first-order chi connectivity index (χ1) is 40.3. The molecule has 388 valence electrons. The summed E-state index contributed by atoms with van der Waals surface area (Å²) >= 11 is 0. The van der Waals surface area contributed by atoms with Crippen molar-refractivity contribution < 1.29 is 0 Å². The maximum Gasteiger partial charge on any atom is 0.0714 e. The molecule has 1 aliphatic carbocycles. The summed E-state index contributed by atoms with van der Waals surface area (Å²) in [6, 6.07) is 116. The molecule has 0 N–H and O–H groups in total. The molecular weight excluding hydrogens is 985 g/mol. The summed E-state index contributed by atoms with van der Waals surface area (Å²) in [5, 5.41) is 0. The second-order valence-electron chi connectivity index (χ2n) is 22.2. The molecule has 0 heterocycles. The molecule has 13 aromatic rings. The number of aryl methyl sites for hydroxylation is 3. The van der Waals surface area contributed by atoms with Gasteiger partial charge in [-0.25, -0.2) is 0 Å². The van der Waals surface area contributed by atoms with Gasteiger partial charge in [0.2, 0.25) is 0 Å². The quantitative estimate of drug-likeness (QED) is 0.121. The fourth-order valence-electron chi connectivity index (χ4n) is 13.3. The molecule has 0 spiro atoms. The normalized spacial score (nSPS) is 12.2. The van der Waals surface area contributed by atoms with Gasteiger partial charge in [0.05, 0.1) is 5.41 Å². The van der Waals surface area contributed by atoms with Crippen LogP contribution in [0.4, 0.5) is 0 Å². The third-order valence-corrected chi connectivity index (χ3v) is 17.0. The maximum absolute atomic E-state index is 2.52. The van der Waals surface area contributed by atoms with Crippen LogP contribution in [0, 0.1) is 20.8 Å². The van der Waals surface area contributed by atoms with Crippen LogP contribution in [0.25, 0.3) is 111 Å². The first kappa shape index (κ1) is 50.1. The number of hydrogen-bond acceptors (Lipinski definition) is 0. The van der Waals surface area contributed by atoms with E-state index in [2.05, 4.69) is 330 Å². The number of hydrogen-bond donors (Lipinski definition) is 0. The summed E-state index contributed by atoms with van der Waals surface area (Å²) in [6.07, 6.45) is 0.